The van der Waals surface area contributed by atoms with Crippen LogP contribution in [-0.4, -0.2) is 26.3 Å². The van der Waals surface area contributed by atoms with E-state index < -0.39 is 9.85 Å². The van der Waals surface area contributed by atoms with Crippen LogP contribution in [0.25, 0.3) is 5.65 Å². The highest BCUT2D eigenvalue weighted by Gasteiger charge is 2.25. The van der Waals surface area contributed by atoms with Gasteiger partial charge in [-0.15, -0.1) is 0 Å². The predicted octanol–water partition coefficient (Wildman–Crippen LogP) is 3.44. The number of fused-ring (bicyclic) bond motifs is 1. The molecule has 0 spiro atoms. The number of nitrogens with zero attached hydrogens (tertiary/aromatic N) is 5. The zero-order chi connectivity index (χ0) is 18.1. The van der Waals surface area contributed by atoms with Gasteiger partial charge in [-0.1, -0.05) is 17.7 Å². The average Bonchev–Trinajstić information content (AvgIpc) is 2.96. The van der Waals surface area contributed by atoms with Crippen molar-refractivity contribution < 1.29 is 9.85 Å². The first-order valence-electron chi connectivity index (χ1n) is 7.14. The van der Waals surface area contributed by atoms with Crippen molar-refractivity contribution in [3.63, 3.8) is 0 Å². The molecular formula is C15H12ClN5O4. The van der Waals surface area contributed by atoms with E-state index in [0.717, 1.165) is 0 Å². The molecule has 0 bridgehead atoms. The molecule has 0 aliphatic carbocycles. The minimum Gasteiger partial charge on any atom is -0.358 e. The summed E-state index contributed by atoms with van der Waals surface area (Å²) in [7, 11) is 1.62. The lowest BCUT2D eigenvalue weighted by atomic mass is 10.2. The molecule has 0 atom stereocenters. The van der Waals surface area contributed by atoms with Crippen LogP contribution in [0.15, 0.2) is 42.6 Å². The van der Waals surface area contributed by atoms with Crippen LogP contribution in [0.2, 0.25) is 5.02 Å². The van der Waals surface area contributed by atoms with Crippen LogP contribution < -0.4 is 4.90 Å². The molecule has 1 aromatic carbocycles. The number of benzene rings is 1. The normalized spacial score (nSPS) is 10.8. The lowest BCUT2D eigenvalue weighted by molar-refractivity contribution is -0.389. The number of imidazole rings is 1. The monoisotopic (exact) mass is 361 g/mol. The first-order chi connectivity index (χ1) is 11.9. The third kappa shape index (κ3) is 3.09. The van der Waals surface area contributed by atoms with Gasteiger partial charge >= 0.3 is 5.82 Å². The van der Waals surface area contributed by atoms with Gasteiger partial charge in [-0.05, 0) is 22.6 Å². The highest BCUT2D eigenvalue weighted by atomic mass is 35.5. The Bertz CT molecular complexity index is 987. The van der Waals surface area contributed by atoms with Gasteiger partial charge < -0.3 is 15.0 Å². The van der Waals surface area contributed by atoms with Crippen LogP contribution in [0, 0.1) is 20.2 Å². The summed E-state index contributed by atoms with van der Waals surface area (Å²) < 4.78 is 1.38. The first kappa shape index (κ1) is 16.7. The maximum atomic E-state index is 11.5. The number of hydrogen-bond donors (Lipinski definition) is 0. The van der Waals surface area contributed by atoms with Gasteiger partial charge in [0.25, 0.3) is 5.69 Å². The van der Waals surface area contributed by atoms with E-state index in [1.54, 1.807) is 31.4 Å². The number of rotatable bonds is 5. The Balaban J connectivity index is 2.02. The van der Waals surface area contributed by atoms with Crippen molar-refractivity contribution in [1.29, 1.82) is 0 Å². The Morgan fingerprint density at radius 1 is 1.20 bits per heavy atom. The fraction of sp³-hybridized carbons (Fsp3) is 0.133. The molecule has 0 aliphatic heterocycles. The molecular weight excluding hydrogens is 350 g/mol. The molecule has 3 rings (SSSR count). The molecule has 0 unspecified atom stereocenters. The van der Waals surface area contributed by atoms with Crippen molar-refractivity contribution in [2.45, 2.75) is 6.54 Å². The van der Waals surface area contributed by atoms with Crippen molar-refractivity contribution in [3.05, 3.63) is 73.4 Å². The van der Waals surface area contributed by atoms with Crippen LogP contribution in [0.1, 0.15) is 5.56 Å². The third-order valence-electron chi connectivity index (χ3n) is 3.67. The number of nitro benzene ring substituents is 1. The fourth-order valence-corrected chi connectivity index (χ4v) is 2.70. The first-order valence-corrected chi connectivity index (χ1v) is 7.51. The van der Waals surface area contributed by atoms with Gasteiger partial charge in [0.05, 0.1) is 11.1 Å². The highest BCUT2D eigenvalue weighted by molar-refractivity contribution is 6.31. The summed E-state index contributed by atoms with van der Waals surface area (Å²) in [6, 6.07) is 9.14. The average molecular weight is 362 g/mol. The second-order valence-corrected chi connectivity index (χ2v) is 5.74. The summed E-state index contributed by atoms with van der Waals surface area (Å²) in [6.45, 7) is 0.130. The van der Waals surface area contributed by atoms with Crippen LogP contribution >= 0.6 is 11.6 Å². The molecule has 2 heterocycles. The number of aromatic nitrogens is 2. The minimum absolute atomic E-state index is 0.0997. The molecule has 10 heteroatoms. The summed E-state index contributed by atoms with van der Waals surface area (Å²) >= 11 is 6.10. The molecule has 0 amide bonds. The van der Waals surface area contributed by atoms with E-state index in [0.29, 0.717) is 16.2 Å². The largest absolute Gasteiger partial charge is 0.372 e. The second kappa shape index (κ2) is 6.36. The second-order valence-electron chi connectivity index (χ2n) is 5.33. The summed E-state index contributed by atoms with van der Waals surface area (Å²) in [4.78, 5) is 27.2. The van der Waals surface area contributed by atoms with Gasteiger partial charge in [0.15, 0.2) is 0 Å². The van der Waals surface area contributed by atoms with Crippen molar-refractivity contribution in [2.75, 3.05) is 11.9 Å². The Morgan fingerprint density at radius 3 is 2.64 bits per heavy atom. The lowest BCUT2D eigenvalue weighted by Crippen LogP contribution is -2.18. The number of nitro groups is 2. The molecule has 0 saturated heterocycles. The van der Waals surface area contributed by atoms with Crippen molar-refractivity contribution >= 4 is 34.6 Å². The van der Waals surface area contributed by atoms with E-state index >= 15 is 0 Å². The lowest BCUT2D eigenvalue weighted by Gasteiger charge is -2.16. The maximum absolute atomic E-state index is 11.5. The van der Waals surface area contributed by atoms with Gasteiger partial charge in [-0.3, -0.25) is 10.1 Å². The number of hydrogen-bond acceptors (Lipinski definition) is 6. The number of halogens is 1. The van der Waals surface area contributed by atoms with Gasteiger partial charge in [0, 0.05) is 36.8 Å². The fourth-order valence-electron chi connectivity index (χ4n) is 2.52. The Hall–Kier alpha value is -3.20. The standard InChI is InChI=1S/C15H12ClN5O4/c1-18(9-10-8-11(20(22)23)5-6-12(10)16)14-15(21(24)25)19-7-3-2-4-13(19)17-14/h2-8H,9H2,1H3. The van der Waals surface area contributed by atoms with E-state index in [2.05, 4.69) is 4.98 Å². The summed E-state index contributed by atoms with van der Waals surface area (Å²) in [5.41, 5.74) is 0.809. The topological polar surface area (TPSA) is 107 Å². The molecule has 0 N–H and O–H groups in total. The molecule has 25 heavy (non-hydrogen) atoms. The van der Waals surface area contributed by atoms with Crippen LogP contribution in [0.4, 0.5) is 17.3 Å². The number of non-ortho nitro benzene ring substituents is 1. The number of anilines is 1. The molecule has 0 saturated carbocycles. The Morgan fingerprint density at radius 2 is 1.96 bits per heavy atom. The van der Waals surface area contributed by atoms with Gasteiger partial charge in [0.2, 0.25) is 11.5 Å². The van der Waals surface area contributed by atoms with Crippen molar-refractivity contribution in [3.8, 4) is 0 Å². The zero-order valence-electron chi connectivity index (χ0n) is 13.0. The molecule has 2 aromatic heterocycles. The highest BCUT2D eigenvalue weighted by Crippen LogP contribution is 2.30. The molecule has 0 aliphatic rings. The van der Waals surface area contributed by atoms with E-state index in [1.807, 2.05) is 0 Å². The Kier molecular flexibility index (Phi) is 4.24. The zero-order valence-corrected chi connectivity index (χ0v) is 13.8. The smallest absolute Gasteiger partial charge is 0.358 e. The molecule has 128 valence electrons. The predicted molar refractivity (Wildman–Crippen MR) is 92.1 cm³/mol. The van der Waals surface area contributed by atoms with E-state index in [1.165, 1.54) is 27.5 Å². The molecule has 9 nitrogen and oxygen atoms in total. The van der Waals surface area contributed by atoms with Crippen LogP contribution in [0.5, 0.6) is 0 Å². The van der Waals surface area contributed by atoms with Gasteiger partial charge in [-0.25, -0.2) is 0 Å². The van der Waals surface area contributed by atoms with Gasteiger partial charge in [0.1, 0.15) is 0 Å². The quantitative estimate of drug-likeness (QED) is 0.509. The maximum Gasteiger partial charge on any atom is 0.372 e. The summed E-state index contributed by atoms with van der Waals surface area (Å²) in [5, 5.41) is 22.7. The minimum atomic E-state index is -0.521. The molecule has 0 fully saturated rings. The molecule has 3 aromatic rings. The van der Waals surface area contributed by atoms with Crippen molar-refractivity contribution in [2.24, 2.45) is 0 Å². The van der Waals surface area contributed by atoms with Crippen LogP contribution in [-0.2, 0) is 6.54 Å². The van der Waals surface area contributed by atoms with E-state index in [-0.39, 0.29) is 23.9 Å². The van der Waals surface area contributed by atoms with Crippen LogP contribution in [0.3, 0.4) is 0 Å². The van der Waals surface area contributed by atoms with E-state index in [9.17, 15) is 20.2 Å². The Labute approximate surface area is 146 Å². The summed E-state index contributed by atoms with van der Waals surface area (Å²) in [5.74, 6) is -0.0292. The SMILES string of the molecule is CN(Cc1cc([N+](=O)[O-])ccc1Cl)c1nc2ccccn2c1[N+](=O)[O-]. The summed E-state index contributed by atoms with van der Waals surface area (Å²) in [6.07, 6.45) is 1.55. The van der Waals surface area contributed by atoms with E-state index in [4.69, 9.17) is 11.6 Å². The molecule has 0 radical (unpaired) electrons. The van der Waals surface area contributed by atoms with Gasteiger partial charge in [-0.2, -0.15) is 9.38 Å². The third-order valence-corrected chi connectivity index (χ3v) is 4.04. The van der Waals surface area contributed by atoms with Crippen molar-refractivity contribution in [1.82, 2.24) is 9.38 Å². The number of pyridine rings is 1.